The third-order valence-corrected chi connectivity index (χ3v) is 5.60. The molecule has 1 spiro atoms. The second kappa shape index (κ2) is 5.88. The number of rotatable bonds is 2. The Morgan fingerprint density at radius 1 is 1.50 bits per heavy atom. The van der Waals surface area contributed by atoms with Crippen molar-refractivity contribution in [2.24, 2.45) is 11.1 Å². The van der Waals surface area contributed by atoms with Gasteiger partial charge in [0.1, 0.15) is 4.64 Å². The Bertz CT molecular complexity index is 610. The number of aliphatic hydroxyl groups is 1. The average molecular weight is 324 g/mol. The van der Waals surface area contributed by atoms with Crippen LogP contribution in [0.15, 0.2) is 0 Å². The Morgan fingerprint density at radius 3 is 2.73 bits per heavy atom. The summed E-state index contributed by atoms with van der Waals surface area (Å²) >= 11 is 5.20. The Balaban J connectivity index is 1.80. The van der Waals surface area contributed by atoms with Gasteiger partial charge >= 0.3 is 0 Å². The van der Waals surface area contributed by atoms with Crippen LogP contribution in [-0.2, 0) is 11.3 Å². The monoisotopic (exact) mass is 324 g/mol. The minimum Gasteiger partial charge on any atom is -0.390 e. The van der Waals surface area contributed by atoms with E-state index >= 15 is 0 Å². The highest BCUT2D eigenvalue weighted by molar-refractivity contribution is 7.71. The molecule has 3 heterocycles. The molecule has 3 rings (SSSR count). The second-order valence-corrected chi connectivity index (χ2v) is 6.91. The van der Waals surface area contributed by atoms with Crippen molar-refractivity contribution in [3.8, 4) is 0 Å². The molecule has 6 nitrogen and oxygen atoms in total. The van der Waals surface area contributed by atoms with Crippen molar-refractivity contribution in [1.82, 2.24) is 9.97 Å². The van der Waals surface area contributed by atoms with Gasteiger partial charge in [0, 0.05) is 24.5 Å². The summed E-state index contributed by atoms with van der Waals surface area (Å²) in [5.41, 5.74) is 7.92. The fourth-order valence-electron chi connectivity index (χ4n) is 3.57. The number of piperidine rings is 1. The van der Waals surface area contributed by atoms with Crippen LogP contribution in [0, 0.1) is 17.0 Å². The smallest absolute Gasteiger partial charge is 0.150 e. The molecular formula is C15H24N4O2S. The molecule has 1 aromatic rings. The van der Waals surface area contributed by atoms with E-state index in [-0.39, 0.29) is 24.2 Å². The first-order chi connectivity index (χ1) is 10.5. The van der Waals surface area contributed by atoms with E-state index < -0.39 is 0 Å². The first-order valence-corrected chi connectivity index (χ1v) is 8.20. The van der Waals surface area contributed by atoms with Crippen LogP contribution in [0.25, 0.3) is 0 Å². The van der Waals surface area contributed by atoms with Gasteiger partial charge in [-0.2, -0.15) is 0 Å². The molecule has 0 aliphatic carbocycles. The largest absolute Gasteiger partial charge is 0.390 e. The summed E-state index contributed by atoms with van der Waals surface area (Å²) in [6, 6.07) is 0.100. The van der Waals surface area contributed by atoms with Crippen LogP contribution in [0.3, 0.4) is 0 Å². The van der Waals surface area contributed by atoms with Crippen molar-refractivity contribution >= 4 is 18.0 Å². The number of aromatic nitrogens is 2. The lowest BCUT2D eigenvalue weighted by atomic mass is 9.73. The molecule has 4 N–H and O–H groups in total. The predicted molar refractivity (Wildman–Crippen MR) is 87.4 cm³/mol. The number of H-pyrrole nitrogens is 1. The molecular weight excluding hydrogens is 300 g/mol. The van der Waals surface area contributed by atoms with E-state index in [2.05, 4.69) is 21.8 Å². The van der Waals surface area contributed by atoms with Gasteiger partial charge in [0.05, 0.1) is 30.7 Å². The SMILES string of the molecule is Cc1nc(N2CCC3(CC2)CO[C@@H](C)[C@H]3N)c(CO)[nH]c1=S. The fourth-order valence-corrected chi connectivity index (χ4v) is 3.74. The van der Waals surface area contributed by atoms with Gasteiger partial charge in [0.25, 0.3) is 0 Å². The lowest BCUT2D eigenvalue weighted by Gasteiger charge is -2.42. The Morgan fingerprint density at radius 2 is 2.18 bits per heavy atom. The number of aliphatic hydroxyl groups excluding tert-OH is 1. The molecule has 7 heteroatoms. The number of ether oxygens (including phenoxy) is 1. The first-order valence-electron chi connectivity index (χ1n) is 7.79. The number of hydrogen-bond donors (Lipinski definition) is 3. The van der Waals surface area contributed by atoms with E-state index in [1.165, 1.54) is 0 Å². The van der Waals surface area contributed by atoms with E-state index in [9.17, 15) is 5.11 Å². The van der Waals surface area contributed by atoms with Crippen LogP contribution in [0.5, 0.6) is 0 Å². The number of nitrogens with two attached hydrogens (primary N) is 1. The quantitative estimate of drug-likeness (QED) is 0.710. The number of hydrogen-bond acceptors (Lipinski definition) is 6. The van der Waals surface area contributed by atoms with Crippen molar-refractivity contribution in [1.29, 1.82) is 0 Å². The van der Waals surface area contributed by atoms with Crippen molar-refractivity contribution in [3.63, 3.8) is 0 Å². The van der Waals surface area contributed by atoms with Crippen molar-refractivity contribution in [2.75, 3.05) is 24.6 Å². The topological polar surface area (TPSA) is 87.4 Å². The van der Waals surface area contributed by atoms with Crippen molar-refractivity contribution < 1.29 is 9.84 Å². The number of nitrogens with zero attached hydrogens (tertiary/aromatic N) is 2. The standard InChI is InChI=1S/C15H24N4O2S/c1-9-14(22)18-11(7-20)13(17-9)19-5-3-15(4-6-19)8-21-10(2)12(15)16/h10,12,20H,3-8,16H2,1-2H3,(H,18,22)/t10-,12+/m0/s1. The first kappa shape index (κ1) is 15.9. The highest BCUT2D eigenvalue weighted by Crippen LogP contribution is 2.42. The third kappa shape index (κ3) is 2.56. The minimum atomic E-state index is -0.0897. The number of anilines is 1. The maximum Gasteiger partial charge on any atom is 0.150 e. The van der Waals surface area contributed by atoms with Crippen molar-refractivity contribution in [3.05, 3.63) is 16.0 Å². The summed E-state index contributed by atoms with van der Waals surface area (Å²) in [5, 5.41) is 9.56. The van der Waals surface area contributed by atoms with Crippen LogP contribution in [-0.4, -0.2) is 46.9 Å². The van der Waals surface area contributed by atoms with E-state index in [0.717, 1.165) is 44.0 Å². The molecule has 0 radical (unpaired) electrons. The zero-order valence-electron chi connectivity index (χ0n) is 13.1. The highest BCUT2D eigenvalue weighted by Gasteiger charge is 2.47. The van der Waals surface area contributed by atoms with E-state index in [0.29, 0.717) is 10.3 Å². The van der Waals surface area contributed by atoms with Gasteiger partial charge in [0.2, 0.25) is 0 Å². The molecule has 0 amide bonds. The molecule has 2 atom stereocenters. The highest BCUT2D eigenvalue weighted by atomic mass is 32.1. The average Bonchev–Trinajstić information content (AvgIpc) is 2.79. The molecule has 1 aromatic heterocycles. The number of nitrogens with one attached hydrogen (secondary N) is 1. The molecule has 0 unspecified atom stereocenters. The summed E-state index contributed by atoms with van der Waals surface area (Å²) < 4.78 is 6.34. The van der Waals surface area contributed by atoms with E-state index in [4.69, 9.17) is 22.7 Å². The van der Waals surface area contributed by atoms with Crippen LogP contribution in [0.1, 0.15) is 31.2 Å². The maximum atomic E-state index is 9.56. The van der Waals surface area contributed by atoms with Crippen molar-refractivity contribution in [2.45, 2.75) is 45.4 Å². The van der Waals surface area contributed by atoms with E-state index in [1.807, 2.05) is 6.92 Å². The van der Waals surface area contributed by atoms with Crippen LogP contribution in [0.2, 0.25) is 0 Å². The van der Waals surface area contributed by atoms with Gasteiger partial charge in [-0.1, -0.05) is 12.2 Å². The second-order valence-electron chi connectivity index (χ2n) is 6.50. The number of aromatic amines is 1. The zero-order valence-corrected chi connectivity index (χ0v) is 13.9. The van der Waals surface area contributed by atoms with Gasteiger partial charge in [-0.3, -0.25) is 0 Å². The number of aryl methyl sites for hydroxylation is 1. The molecule has 2 fully saturated rings. The minimum absolute atomic E-state index is 0.0893. The summed E-state index contributed by atoms with van der Waals surface area (Å²) in [4.78, 5) is 9.88. The maximum absolute atomic E-state index is 9.56. The Labute approximate surface area is 135 Å². The Kier molecular flexibility index (Phi) is 4.24. The molecule has 122 valence electrons. The van der Waals surface area contributed by atoms with E-state index in [1.54, 1.807) is 0 Å². The lowest BCUT2D eigenvalue weighted by molar-refractivity contribution is 0.0973. The third-order valence-electron chi connectivity index (χ3n) is 5.20. The predicted octanol–water partition coefficient (Wildman–Crippen LogP) is 1.27. The lowest BCUT2D eigenvalue weighted by Crippen LogP contribution is -2.51. The van der Waals surface area contributed by atoms with Gasteiger partial charge < -0.3 is 25.5 Å². The molecule has 0 aromatic carbocycles. The molecule has 2 saturated heterocycles. The fraction of sp³-hybridized carbons (Fsp3) is 0.733. The zero-order chi connectivity index (χ0) is 15.9. The normalized spacial score (nSPS) is 27.5. The Hall–Kier alpha value is -1.02. The van der Waals surface area contributed by atoms with Crippen LogP contribution >= 0.6 is 12.2 Å². The van der Waals surface area contributed by atoms with Gasteiger partial charge in [0.15, 0.2) is 5.82 Å². The molecule has 2 aliphatic heterocycles. The molecule has 2 aliphatic rings. The summed E-state index contributed by atoms with van der Waals surface area (Å²) in [7, 11) is 0. The summed E-state index contributed by atoms with van der Waals surface area (Å²) in [5.74, 6) is 0.809. The molecule has 0 bridgehead atoms. The van der Waals surface area contributed by atoms with Gasteiger partial charge in [-0.15, -0.1) is 0 Å². The summed E-state index contributed by atoms with van der Waals surface area (Å²) in [6.07, 6.45) is 2.10. The van der Waals surface area contributed by atoms with Gasteiger partial charge in [-0.25, -0.2) is 4.98 Å². The van der Waals surface area contributed by atoms with Gasteiger partial charge in [-0.05, 0) is 26.7 Å². The van der Waals surface area contributed by atoms with Crippen LogP contribution in [0.4, 0.5) is 5.82 Å². The molecule has 22 heavy (non-hydrogen) atoms. The van der Waals surface area contributed by atoms with Crippen LogP contribution < -0.4 is 10.6 Å². The molecule has 0 saturated carbocycles. The summed E-state index contributed by atoms with van der Waals surface area (Å²) in [6.45, 7) is 6.34.